The Balaban J connectivity index is 1.75. The standard InChI is InChI=1S/C18H28N2O4/c1-18(2,3)24-17(23)20-12-8-15(9-13-20)19-10-6-14(7-11-19)4-5-16(21)22/h14-15H,6-13H2,1-3H3,(H,21,22). The van der Waals surface area contributed by atoms with Crippen molar-refractivity contribution in [1.29, 1.82) is 0 Å². The number of nitrogens with zero attached hydrogens (tertiary/aromatic N) is 2. The molecule has 6 heteroatoms. The second-order valence-corrected chi connectivity index (χ2v) is 7.58. The van der Waals surface area contributed by atoms with Crippen LogP contribution < -0.4 is 0 Å². The molecule has 0 saturated carbocycles. The summed E-state index contributed by atoms with van der Waals surface area (Å²) in [4.78, 5) is 26.9. The van der Waals surface area contributed by atoms with Crippen molar-refractivity contribution in [3.8, 4) is 11.8 Å². The smallest absolute Gasteiger partial charge is 0.410 e. The first-order valence-corrected chi connectivity index (χ1v) is 8.71. The molecular weight excluding hydrogens is 308 g/mol. The number of amides is 1. The van der Waals surface area contributed by atoms with Crippen LogP contribution in [0.3, 0.4) is 0 Å². The number of hydrogen-bond donors (Lipinski definition) is 1. The molecule has 0 unspecified atom stereocenters. The van der Waals surface area contributed by atoms with Crippen LogP contribution in [-0.4, -0.2) is 64.8 Å². The maximum absolute atomic E-state index is 12.1. The predicted molar refractivity (Wildman–Crippen MR) is 90.5 cm³/mol. The summed E-state index contributed by atoms with van der Waals surface area (Å²) >= 11 is 0. The van der Waals surface area contributed by atoms with E-state index in [1.54, 1.807) is 4.90 Å². The van der Waals surface area contributed by atoms with Crippen molar-refractivity contribution < 1.29 is 19.4 Å². The van der Waals surface area contributed by atoms with Crippen LogP contribution in [0, 0.1) is 17.8 Å². The molecule has 6 nitrogen and oxygen atoms in total. The first-order valence-electron chi connectivity index (χ1n) is 8.71. The highest BCUT2D eigenvalue weighted by Gasteiger charge is 2.31. The molecule has 2 saturated heterocycles. The highest BCUT2D eigenvalue weighted by molar-refractivity contribution is 5.86. The minimum Gasteiger partial charge on any atom is -0.472 e. The van der Waals surface area contributed by atoms with E-state index in [0.717, 1.165) is 51.9 Å². The van der Waals surface area contributed by atoms with Gasteiger partial charge in [-0.15, -0.1) is 0 Å². The van der Waals surface area contributed by atoms with Gasteiger partial charge in [0.05, 0.1) is 0 Å². The number of carbonyl (C=O) groups excluding carboxylic acids is 1. The molecule has 0 aliphatic carbocycles. The van der Waals surface area contributed by atoms with Crippen molar-refractivity contribution in [2.75, 3.05) is 26.2 Å². The average molecular weight is 336 g/mol. The van der Waals surface area contributed by atoms with Crippen molar-refractivity contribution in [1.82, 2.24) is 9.80 Å². The van der Waals surface area contributed by atoms with E-state index in [1.807, 2.05) is 20.8 Å². The molecule has 0 spiro atoms. The van der Waals surface area contributed by atoms with Crippen LogP contribution in [-0.2, 0) is 9.53 Å². The SMILES string of the molecule is CC(C)(C)OC(=O)N1CCC(N2CCC(C#CC(=O)O)CC2)CC1. The second-order valence-electron chi connectivity index (χ2n) is 7.58. The van der Waals surface area contributed by atoms with Crippen molar-refractivity contribution in [2.45, 2.75) is 58.1 Å². The molecular formula is C18H28N2O4. The molecule has 0 radical (unpaired) electrons. The van der Waals surface area contributed by atoms with Gasteiger partial charge in [0.25, 0.3) is 0 Å². The fourth-order valence-electron chi connectivity index (χ4n) is 3.31. The molecule has 0 aromatic rings. The van der Waals surface area contributed by atoms with Crippen molar-refractivity contribution in [3.63, 3.8) is 0 Å². The summed E-state index contributed by atoms with van der Waals surface area (Å²) in [6, 6.07) is 0.497. The van der Waals surface area contributed by atoms with Crippen LogP contribution in [0.5, 0.6) is 0 Å². The zero-order valence-corrected chi connectivity index (χ0v) is 14.9. The van der Waals surface area contributed by atoms with Gasteiger partial charge in [-0.25, -0.2) is 9.59 Å². The van der Waals surface area contributed by atoms with E-state index >= 15 is 0 Å². The molecule has 134 valence electrons. The Morgan fingerprint density at radius 3 is 2.12 bits per heavy atom. The zero-order valence-electron chi connectivity index (χ0n) is 14.9. The number of carbonyl (C=O) groups is 2. The number of carboxylic acid groups (broad SMARTS) is 1. The van der Waals surface area contributed by atoms with Gasteiger partial charge < -0.3 is 19.6 Å². The van der Waals surface area contributed by atoms with Crippen molar-refractivity contribution in [3.05, 3.63) is 0 Å². The maximum Gasteiger partial charge on any atom is 0.410 e. The lowest BCUT2D eigenvalue weighted by atomic mass is 9.94. The first kappa shape index (κ1) is 18.6. The van der Waals surface area contributed by atoms with E-state index in [2.05, 4.69) is 16.7 Å². The molecule has 0 bridgehead atoms. The minimum atomic E-state index is -1.05. The number of ether oxygens (including phenoxy) is 1. The van der Waals surface area contributed by atoms with Crippen LogP contribution in [0.4, 0.5) is 4.79 Å². The summed E-state index contributed by atoms with van der Waals surface area (Å²) in [7, 11) is 0. The Labute approximate surface area is 144 Å². The van der Waals surface area contributed by atoms with Gasteiger partial charge in [0.2, 0.25) is 0 Å². The number of piperidine rings is 2. The van der Waals surface area contributed by atoms with Gasteiger partial charge in [0.1, 0.15) is 5.60 Å². The van der Waals surface area contributed by atoms with Crippen molar-refractivity contribution >= 4 is 12.1 Å². The summed E-state index contributed by atoms with van der Waals surface area (Å²) in [6.07, 6.45) is 3.55. The summed E-state index contributed by atoms with van der Waals surface area (Å²) in [6.45, 7) is 9.03. The third-order valence-electron chi connectivity index (χ3n) is 4.55. The van der Waals surface area contributed by atoms with Crippen LogP contribution in [0.1, 0.15) is 46.5 Å². The van der Waals surface area contributed by atoms with Gasteiger partial charge in [0, 0.05) is 31.0 Å². The largest absolute Gasteiger partial charge is 0.472 e. The van der Waals surface area contributed by atoms with Gasteiger partial charge in [-0.05, 0) is 59.5 Å². The number of carboxylic acids is 1. The lowest BCUT2D eigenvalue weighted by Crippen LogP contribution is -2.49. The van der Waals surface area contributed by atoms with Crippen LogP contribution in [0.2, 0.25) is 0 Å². The molecule has 0 atom stereocenters. The van der Waals surface area contributed by atoms with Gasteiger partial charge in [-0.3, -0.25) is 0 Å². The molecule has 0 aromatic carbocycles. The Morgan fingerprint density at radius 1 is 1.04 bits per heavy atom. The monoisotopic (exact) mass is 336 g/mol. The Kier molecular flexibility index (Phi) is 6.11. The maximum atomic E-state index is 12.1. The van der Waals surface area contributed by atoms with E-state index in [4.69, 9.17) is 9.84 Å². The molecule has 1 N–H and O–H groups in total. The van der Waals surface area contributed by atoms with E-state index in [0.29, 0.717) is 6.04 Å². The Morgan fingerprint density at radius 2 is 1.62 bits per heavy atom. The fraction of sp³-hybridized carbons (Fsp3) is 0.778. The first-order chi connectivity index (χ1) is 11.2. The molecule has 2 fully saturated rings. The topological polar surface area (TPSA) is 70.1 Å². The summed E-state index contributed by atoms with van der Waals surface area (Å²) < 4.78 is 5.43. The molecule has 24 heavy (non-hydrogen) atoms. The van der Waals surface area contributed by atoms with E-state index in [9.17, 15) is 9.59 Å². The second kappa shape index (κ2) is 7.89. The van der Waals surface area contributed by atoms with Gasteiger partial charge >= 0.3 is 12.1 Å². The number of hydrogen-bond acceptors (Lipinski definition) is 4. The molecule has 0 aromatic heterocycles. The van der Waals surface area contributed by atoms with Crippen LogP contribution >= 0.6 is 0 Å². The van der Waals surface area contributed by atoms with E-state index < -0.39 is 11.6 Å². The quantitative estimate of drug-likeness (QED) is 0.743. The van der Waals surface area contributed by atoms with E-state index in [-0.39, 0.29) is 12.0 Å². The number of aliphatic carboxylic acids is 1. The van der Waals surface area contributed by atoms with Gasteiger partial charge in [-0.2, -0.15) is 0 Å². The third kappa shape index (κ3) is 5.72. The predicted octanol–water partition coefficient (Wildman–Crippen LogP) is 2.19. The lowest BCUT2D eigenvalue weighted by Gasteiger charge is -2.41. The Hall–Kier alpha value is -1.74. The van der Waals surface area contributed by atoms with Gasteiger partial charge in [-0.1, -0.05) is 5.92 Å². The summed E-state index contributed by atoms with van der Waals surface area (Å²) in [5, 5.41) is 8.61. The molecule has 2 rings (SSSR count). The normalized spacial score (nSPS) is 21.0. The molecule has 2 aliphatic rings. The van der Waals surface area contributed by atoms with Crippen LogP contribution in [0.25, 0.3) is 0 Å². The van der Waals surface area contributed by atoms with Gasteiger partial charge in [0.15, 0.2) is 0 Å². The average Bonchev–Trinajstić information content (AvgIpc) is 2.52. The van der Waals surface area contributed by atoms with E-state index in [1.165, 1.54) is 0 Å². The van der Waals surface area contributed by atoms with Crippen LogP contribution in [0.15, 0.2) is 0 Å². The number of rotatable bonds is 1. The Bertz CT molecular complexity index is 513. The molecule has 2 aliphatic heterocycles. The minimum absolute atomic E-state index is 0.194. The highest BCUT2D eigenvalue weighted by atomic mass is 16.6. The van der Waals surface area contributed by atoms with Crippen molar-refractivity contribution in [2.24, 2.45) is 5.92 Å². The third-order valence-corrected chi connectivity index (χ3v) is 4.55. The summed E-state index contributed by atoms with van der Waals surface area (Å²) in [5.41, 5.74) is -0.452. The molecule has 1 amide bonds. The highest BCUT2D eigenvalue weighted by Crippen LogP contribution is 2.24. The lowest BCUT2D eigenvalue weighted by molar-refractivity contribution is -0.130. The zero-order chi connectivity index (χ0) is 17.7. The fourth-order valence-corrected chi connectivity index (χ4v) is 3.31. The summed E-state index contributed by atoms with van der Waals surface area (Å²) in [5.74, 6) is 4.22. The molecule has 2 heterocycles. The number of likely N-dealkylation sites (tertiary alicyclic amines) is 2.